The lowest BCUT2D eigenvalue weighted by molar-refractivity contribution is 1.55. The molecule has 3 rings (SSSR count). The summed E-state index contributed by atoms with van der Waals surface area (Å²) in [5.74, 6) is 0. The van der Waals surface area contributed by atoms with E-state index in [0.29, 0.717) is 0 Å². The maximum atomic E-state index is 3.78. The topological polar surface area (TPSA) is 0 Å². The highest BCUT2D eigenvalue weighted by molar-refractivity contribution is 7.23. The van der Waals surface area contributed by atoms with Gasteiger partial charge in [0.15, 0.2) is 0 Å². The molecule has 0 nitrogen and oxygen atoms in total. The molecule has 0 aromatic heterocycles. The molecule has 0 saturated carbocycles. The molecule has 1 heteroatoms. The Bertz CT molecular complexity index is 730. The molecule has 106 valence electrons. The molecule has 0 spiro atoms. The van der Waals surface area contributed by atoms with Gasteiger partial charge < -0.3 is 0 Å². The Kier molecular flexibility index (Phi) is 4.63. The summed E-state index contributed by atoms with van der Waals surface area (Å²) in [6.07, 6.45) is 2.19. The van der Waals surface area contributed by atoms with Crippen molar-refractivity contribution in [2.24, 2.45) is 0 Å². The van der Waals surface area contributed by atoms with Crippen molar-refractivity contribution in [3.05, 3.63) is 114 Å². The highest BCUT2D eigenvalue weighted by atomic mass is 31.0. The van der Waals surface area contributed by atoms with E-state index in [1.165, 1.54) is 22.3 Å². The molecule has 0 unspecified atom stereocenters. The van der Waals surface area contributed by atoms with E-state index in [0.717, 1.165) is 5.29 Å². The lowest BCUT2D eigenvalue weighted by atomic mass is 9.96. The second-order valence-electron chi connectivity index (χ2n) is 5.07. The molecule has 0 bridgehead atoms. The van der Waals surface area contributed by atoms with Gasteiger partial charge in [-0.05, 0) is 28.3 Å². The van der Waals surface area contributed by atoms with E-state index in [9.17, 15) is 0 Å². The summed E-state index contributed by atoms with van der Waals surface area (Å²) in [5, 5.41) is 1.07. The average Bonchev–Trinajstić information content (AvgIpc) is 2.62. The normalized spacial score (nSPS) is 10.0. The summed E-state index contributed by atoms with van der Waals surface area (Å²) in [4.78, 5) is 0. The zero-order valence-electron chi connectivity index (χ0n) is 12.2. The predicted octanol–water partition coefficient (Wildman–Crippen LogP) is 5.48. The van der Waals surface area contributed by atoms with Crippen LogP contribution in [0.3, 0.4) is 0 Å². The first kappa shape index (κ1) is 14.5. The van der Waals surface area contributed by atoms with Crippen molar-refractivity contribution in [3.63, 3.8) is 0 Å². The summed E-state index contributed by atoms with van der Waals surface area (Å²) in [7, 11) is 3.78. The van der Waals surface area contributed by atoms with Gasteiger partial charge in [0.2, 0.25) is 0 Å². The van der Waals surface area contributed by atoms with E-state index in [2.05, 4.69) is 75.6 Å². The molecule has 3 aromatic rings. The molecule has 0 radical (unpaired) electrons. The minimum Gasteiger partial charge on any atom is -0.114 e. The lowest BCUT2D eigenvalue weighted by Gasteiger charge is -2.10. The van der Waals surface area contributed by atoms with Gasteiger partial charge >= 0.3 is 0 Å². The van der Waals surface area contributed by atoms with Crippen LogP contribution in [-0.4, -0.2) is 5.29 Å². The average molecular weight is 300 g/mol. The molecule has 0 saturated heterocycles. The summed E-state index contributed by atoms with van der Waals surface area (Å²) in [6, 6.07) is 31.3. The van der Waals surface area contributed by atoms with Gasteiger partial charge in [-0.25, -0.2) is 0 Å². The zero-order valence-corrected chi connectivity index (χ0v) is 13.2. The monoisotopic (exact) mass is 300 g/mol. The molecule has 0 aliphatic rings. The van der Waals surface area contributed by atoms with E-state index in [-0.39, 0.29) is 0 Å². The van der Waals surface area contributed by atoms with Crippen molar-refractivity contribution in [3.8, 4) is 0 Å². The second-order valence-corrected chi connectivity index (χ2v) is 5.61. The van der Waals surface area contributed by atoms with Crippen molar-refractivity contribution in [1.82, 2.24) is 0 Å². The number of hydrogen-bond acceptors (Lipinski definition) is 0. The van der Waals surface area contributed by atoms with E-state index in [1.54, 1.807) is 0 Å². The summed E-state index contributed by atoms with van der Waals surface area (Å²) in [6.45, 7) is 0. The van der Waals surface area contributed by atoms with Gasteiger partial charge in [-0.15, -0.1) is 8.86 Å². The third-order valence-electron chi connectivity index (χ3n) is 3.54. The molecule has 3 aromatic carbocycles. The first-order valence-corrected chi connectivity index (χ1v) is 7.81. The van der Waals surface area contributed by atoms with Crippen molar-refractivity contribution in [1.29, 1.82) is 0 Å². The first-order chi connectivity index (χ1) is 10.8. The maximum Gasteiger partial charge on any atom is 0.00234 e. The van der Waals surface area contributed by atoms with Crippen molar-refractivity contribution in [2.45, 2.75) is 0 Å². The van der Waals surface area contributed by atoms with Gasteiger partial charge in [-0.3, -0.25) is 0 Å². The Labute approximate surface area is 134 Å². The highest BCUT2D eigenvalue weighted by Gasteiger charge is 2.06. The molecule has 0 heterocycles. The number of hydrogen-bond donors (Lipinski definition) is 0. The number of allylic oxidation sites excluding steroid dienone is 1. The number of benzene rings is 3. The van der Waals surface area contributed by atoms with Gasteiger partial charge in [0.1, 0.15) is 0 Å². The van der Waals surface area contributed by atoms with Crippen LogP contribution in [0.5, 0.6) is 0 Å². The smallest absolute Gasteiger partial charge is 0.00234 e. The zero-order chi connectivity index (χ0) is 15.2. The third-order valence-corrected chi connectivity index (χ3v) is 3.98. The van der Waals surface area contributed by atoms with Gasteiger partial charge in [0, 0.05) is 5.29 Å². The van der Waals surface area contributed by atoms with Crippen LogP contribution in [0.2, 0.25) is 0 Å². The molecule has 0 aliphatic carbocycles. The highest BCUT2D eigenvalue weighted by Crippen LogP contribution is 2.24. The van der Waals surface area contributed by atoms with E-state index >= 15 is 0 Å². The van der Waals surface area contributed by atoms with Crippen molar-refractivity contribution >= 4 is 19.7 Å². The molecule has 0 amide bonds. The largest absolute Gasteiger partial charge is 0.114 e. The van der Waals surface area contributed by atoms with Crippen LogP contribution >= 0.6 is 8.86 Å². The van der Waals surface area contributed by atoms with Crippen LogP contribution in [0.1, 0.15) is 16.7 Å². The quantitative estimate of drug-likeness (QED) is 0.559. The summed E-state index contributed by atoms with van der Waals surface area (Å²) >= 11 is 0. The van der Waals surface area contributed by atoms with Gasteiger partial charge in [0.25, 0.3) is 0 Å². The SMILES string of the molecule is P=C(C=C(c1ccccc1)c1ccccc1)c1ccccc1. The standard InChI is InChI=1S/C21H17P/c22-21(19-14-8-3-9-15-19)16-20(17-10-4-1-5-11-17)18-12-6-2-7-13-18/h1-16,22H. The second kappa shape index (κ2) is 7.02. The fourth-order valence-corrected chi connectivity index (χ4v) is 2.73. The first-order valence-electron chi connectivity index (χ1n) is 7.31. The lowest BCUT2D eigenvalue weighted by Crippen LogP contribution is -1.96. The van der Waals surface area contributed by atoms with Crippen LogP contribution in [0, 0.1) is 0 Å². The third kappa shape index (κ3) is 3.42. The van der Waals surface area contributed by atoms with Crippen LogP contribution in [0.25, 0.3) is 5.57 Å². The Balaban J connectivity index is 2.06. The molecule has 0 atom stereocenters. The summed E-state index contributed by atoms with van der Waals surface area (Å²) < 4.78 is 0. The van der Waals surface area contributed by atoms with Crippen molar-refractivity contribution in [2.75, 3.05) is 0 Å². The van der Waals surface area contributed by atoms with E-state index < -0.39 is 0 Å². The molecule has 22 heavy (non-hydrogen) atoms. The molecule has 0 fully saturated rings. The fraction of sp³-hybridized carbons (Fsp3) is 0. The van der Waals surface area contributed by atoms with Crippen LogP contribution < -0.4 is 0 Å². The summed E-state index contributed by atoms with van der Waals surface area (Å²) in [5.41, 5.74) is 4.79. The van der Waals surface area contributed by atoms with E-state index in [1.807, 2.05) is 30.3 Å². The minimum atomic E-state index is 1.07. The predicted molar refractivity (Wildman–Crippen MR) is 98.8 cm³/mol. The Morgan fingerprint density at radius 2 is 0.909 bits per heavy atom. The van der Waals surface area contributed by atoms with Gasteiger partial charge in [0.05, 0.1) is 0 Å². The molecular weight excluding hydrogens is 283 g/mol. The fourth-order valence-electron chi connectivity index (χ4n) is 2.41. The molecule has 0 aliphatic heterocycles. The van der Waals surface area contributed by atoms with Crippen LogP contribution in [0.15, 0.2) is 97.1 Å². The van der Waals surface area contributed by atoms with E-state index in [4.69, 9.17) is 0 Å². The molecular formula is C21H17P. The number of rotatable bonds is 4. The molecule has 0 N–H and O–H groups in total. The maximum absolute atomic E-state index is 3.78. The van der Waals surface area contributed by atoms with Crippen molar-refractivity contribution < 1.29 is 0 Å². The van der Waals surface area contributed by atoms with Crippen LogP contribution in [0.4, 0.5) is 0 Å². The Morgan fingerprint density at radius 3 is 1.32 bits per heavy atom. The Morgan fingerprint density at radius 1 is 0.545 bits per heavy atom. The van der Waals surface area contributed by atoms with Gasteiger partial charge in [-0.1, -0.05) is 91.0 Å². The minimum absolute atomic E-state index is 1.07. The Hall–Kier alpha value is -2.43. The van der Waals surface area contributed by atoms with Crippen LogP contribution in [-0.2, 0) is 0 Å². The van der Waals surface area contributed by atoms with Gasteiger partial charge in [-0.2, -0.15) is 0 Å².